The van der Waals surface area contributed by atoms with E-state index in [0.717, 1.165) is 11.3 Å². The number of carbonyl (C=O) groups excluding carboxylic acids is 3. The number of imide groups is 1. The highest BCUT2D eigenvalue weighted by Gasteiger charge is 2.41. The fourth-order valence-electron chi connectivity index (χ4n) is 2.20. The van der Waals surface area contributed by atoms with Gasteiger partial charge in [-0.1, -0.05) is 19.1 Å². The zero-order chi connectivity index (χ0) is 15.8. The predicted molar refractivity (Wildman–Crippen MR) is 78.9 cm³/mol. The number of rotatable bonds is 4. The number of hydrogen-bond acceptors (Lipinski definition) is 3. The number of fused-ring (bicyclic) bond motifs is 1. The van der Waals surface area contributed by atoms with Crippen molar-refractivity contribution in [2.75, 3.05) is 0 Å². The largest absolute Gasteiger partial charge is 0.349 e. The van der Waals surface area contributed by atoms with Crippen molar-refractivity contribution < 1.29 is 14.4 Å². The molecule has 1 aromatic carbocycles. The Hall–Kier alpha value is -2.17. The summed E-state index contributed by atoms with van der Waals surface area (Å²) >= 11 is 0. The first-order chi connectivity index (χ1) is 9.78. The second-order valence-corrected chi connectivity index (χ2v) is 5.93. The molecule has 0 aliphatic carbocycles. The lowest BCUT2D eigenvalue weighted by Crippen LogP contribution is -2.53. The summed E-state index contributed by atoms with van der Waals surface area (Å²) in [6.45, 7) is 7.34. The molecule has 1 aliphatic rings. The Balaban J connectivity index is 2.22. The maximum absolute atomic E-state index is 12.3. The Morgan fingerprint density at radius 2 is 1.67 bits per heavy atom. The van der Waals surface area contributed by atoms with Gasteiger partial charge in [-0.25, -0.2) is 0 Å². The fourth-order valence-corrected chi connectivity index (χ4v) is 2.20. The van der Waals surface area contributed by atoms with E-state index in [2.05, 4.69) is 5.32 Å². The monoisotopic (exact) mass is 288 g/mol. The number of hydrogen-bond donors (Lipinski definition) is 1. The van der Waals surface area contributed by atoms with Crippen molar-refractivity contribution in [3.8, 4) is 0 Å². The van der Waals surface area contributed by atoms with Crippen molar-refractivity contribution in [1.82, 2.24) is 10.2 Å². The molecule has 1 heterocycles. The molecule has 21 heavy (non-hydrogen) atoms. The van der Waals surface area contributed by atoms with E-state index in [1.54, 1.807) is 31.2 Å². The maximum atomic E-state index is 12.3. The van der Waals surface area contributed by atoms with Crippen LogP contribution in [0.2, 0.25) is 0 Å². The van der Waals surface area contributed by atoms with Crippen LogP contribution in [0.15, 0.2) is 24.3 Å². The second-order valence-electron chi connectivity index (χ2n) is 5.93. The van der Waals surface area contributed by atoms with Crippen LogP contribution in [0, 0.1) is 0 Å². The first kappa shape index (κ1) is 15.2. The summed E-state index contributed by atoms with van der Waals surface area (Å²) in [7, 11) is 0. The van der Waals surface area contributed by atoms with E-state index < -0.39 is 17.9 Å². The zero-order valence-electron chi connectivity index (χ0n) is 12.8. The lowest BCUT2D eigenvalue weighted by Gasteiger charge is -2.29. The van der Waals surface area contributed by atoms with E-state index in [4.69, 9.17) is 0 Å². The number of nitrogens with zero attached hydrogens (tertiary/aromatic N) is 1. The van der Waals surface area contributed by atoms with Gasteiger partial charge in [0.2, 0.25) is 5.91 Å². The summed E-state index contributed by atoms with van der Waals surface area (Å²) in [5.74, 6) is -1.14. The average molecular weight is 288 g/mol. The lowest BCUT2D eigenvalue weighted by molar-refractivity contribution is -0.126. The number of carbonyl (C=O) groups is 3. The molecular weight excluding hydrogens is 268 g/mol. The molecular formula is C16H20N2O3. The number of nitrogens with one attached hydrogen (secondary N) is 1. The lowest BCUT2D eigenvalue weighted by atomic mass is 10.0. The summed E-state index contributed by atoms with van der Waals surface area (Å²) in [6, 6.07) is 5.80. The average Bonchev–Trinajstić information content (AvgIpc) is 2.70. The van der Waals surface area contributed by atoms with Gasteiger partial charge in [0.1, 0.15) is 6.04 Å². The highest BCUT2D eigenvalue weighted by molar-refractivity contribution is 6.22. The molecule has 3 amide bonds. The third-order valence-corrected chi connectivity index (χ3v) is 3.94. The molecule has 1 N–H and O–H groups in total. The molecule has 0 spiro atoms. The molecule has 5 heteroatoms. The SMILES string of the molecule is CCC(C)(C)NC(=O)C(C)N1C(=O)c2ccccc2C1=O. The minimum Gasteiger partial charge on any atom is -0.349 e. The molecule has 0 aromatic heterocycles. The van der Waals surface area contributed by atoms with Crippen molar-refractivity contribution in [1.29, 1.82) is 0 Å². The third kappa shape index (κ3) is 2.68. The van der Waals surface area contributed by atoms with Crippen LogP contribution < -0.4 is 5.32 Å². The van der Waals surface area contributed by atoms with Gasteiger partial charge in [-0.2, -0.15) is 0 Å². The van der Waals surface area contributed by atoms with Crippen LogP contribution in [-0.4, -0.2) is 34.2 Å². The van der Waals surface area contributed by atoms with E-state index in [-0.39, 0.29) is 11.4 Å². The second kappa shape index (κ2) is 5.31. The molecule has 112 valence electrons. The van der Waals surface area contributed by atoms with Gasteiger partial charge < -0.3 is 5.32 Å². The molecule has 1 aromatic rings. The zero-order valence-corrected chi connectivity index (χ0v) is 12.8. The molecule has 0 radical (unpaired) electrons. The molecule has 0 bridgehead atoms. The normalized spacial score (nSPS) is 15.9. The van der Waals surface area contributed by atoms with Crippen LogP contribution in [0.4, 0.5) is 0 Å². The van der Waals surface area contributed by atoms with Gasteiger partial charge in [-0.05, 0) is 39.3 Å². The van der Waals surface area contributed by atoms with Gasteiger partial charge in [0, 0.05) is 5.54 Å². The number of amides is 3. The van der Waals surface area contributed by atoms with E-state index >= 15 is 0 Å². The van der Waals surface area contributed by atoms with Crippen molar-refractivity contribution in [3.05, 3.63) is 35.4 Å². The third-order valence-electron chi connectivity index (χ3n) is 3.94. The van der Waals surface area contributed by atoms with E-state index in [0.29, 0.717) is 11.1 Å². The van der Waals surface area contributed by atoms with Gasteiger partial charge in [0.05, 0.1) is 11.1 Å². The topological polar surface area (TPSA) is 66.5 Å². The van der Waals surface area contributed by atoms with Gasteiger partial charge in [-0.3, -0.25) is 19.3 Å². The van der Waals surface area contributed by atoms with E-state index in [1.807, 2.05) is 20.8 Å². The molecule has 1 unspecified atom stereocenters. The Kier molecular flexibility index (Phi) is 3.85. The Bertz CT molecular complexity index is 572. The van der Waals surface area contributed by atoms with Crippen molar-refractivity contribution in [2.24, 2.45) is 0 Å². The van der Waals surface area contributed by atoms with Gasteiger partial charge >= 0.3 is 0 Å². The molecule has 1 aliphatic heterocycles. The highest BCUT2D eigenvalue weighted by atomic mass is 16.2. The minimum absolute atomic E-state index is 0.323. The molecule has 1 atom stereocenters. The Labute approximate surface area is 124 Å². The van der Waals surface area contributed by atoms with Crippen LogP contribution in [0.1, 0.15) is 54.8 Å². The predicted octanol–water partition coefficient (Wildman–Crippen LogP) is 1.98. The standard InChI is InChI=1S/C16H20N2O3/c1-5-16(3,4)17-13(19)10(2)18-14(20)11-8-6-7-9-12(11)15(18)21/h6-10H,5H2,1-4H3,(H,17,19). The molecule has 5 nitrogen and oxygen atoms in total. The van der Waals surface area contributed by atoms with Crippen LogP contribution in [0.25, 0.3) is 0 Å². The van der Waals surface area contributed by atoms with Crippen LogP contribution in [0.3, 0.4) is 0 Å². The fraction of sp³-hybridized carbons (Fsp3) is 0.438. The van der Waals surface area contributed by atoms with Crippen molar-refractivity contribution >= 4 is 17.7 Å². The smallest absolute Gasteiger partial charge is 0.262 e. The van der Waals surface area contributed by atoms with Gasteiger partial charge in [-0.15, -0.1) is 0 Å². The highest BCUT2D eigenvalue weighted by Crippen LogP contribution is 2.24. The number of benzene rings is 1. The Morgan fingerprint density at radius 3 is 2.10 bits per heavy atom. The van der Waals surface area contributed by atoms with Crippen molar-refractivity contribution in [2.45, 2.75) is 45.7 Å². The quantitative estimate of drug-likeness (QED) is 0.861. The van der Waals surface area contributed by atoms with E-state index in [9.17, 15) is 14.4 Å². The van der Waals surface area contributed by atoms with Gasteiger partial charge in [0.25, 0.3) is 11.8 Å². The van der Waals surface area contributed by atoms with Crippen LogP contribution in [-0.2, 0) is 4.79 Å². The van der Waals surface area contributed by atoms with E-state index in [1.165, 1.54) is 0 Å². The molecule has 2 rings (SSSR count). The summed E-state index contributed by atoms with van der Waals surface area (Å²) < 4.78 is 0. The summed E-state index contributed by atoms with van der Waals surface area (Å²) in [4.78, 5) is 37.9. The maximum Gasteiger partial charge on any atom is 0.262 e. The van der Waals surface area contributed by atoms with Gasteiger partial charge in [0.15, 0.2) is 0 Å². The summed E-state index contributed by atoms with van der Waals surface area (Å²) in [6.07, 6.45) is 0.758. The summed E-state index contributed by atoms with van der Waals surface area (Å²) in [5, 5.41) is 2.87. The molecule has 0 fully saturated rings. The van der Waals surface area contributed by atoms with Crippen LogP contribution >= 0.6 is 0 Å². The minimum atomic E-state index is -0.830. The first-order valence-electron chi connectivity index (χ1n) is 7.07. The molecule has 0 saturated heterocycles. The first-order valence-corrected chi connectivity index (χ1v) is 7.07. The Morgan fingerprint density at radius 1 is 1.19 bits per heavy atom. The van der Waals surface area contributed by atoms with Crippen molar-refractivity contribution in [3.63, 3.8) is 0 Å². The summed E-state index contributed by atoms with van der Waals surface area (Å²) in [5.41, 5.74) is 0.345. The van der Waals surface area contributed by atoms with Crippen LogP contribution in [0.5, 0.6) is 0 Å². The molecule has 0 saturated carbocycles.